The smallest absolute Gasteiger partial charge is 0.108 e. The fourth-order valence-corrected chi connectivity index (χ4v) is 3.41. The van der Waals surface area contributed by atoms with Gasteiger partial charge in [0.25, 0.3) is 0 Å². The van der Waals surface area contributed by atoms with Gasteiger partial charge in [0.1, 0.15) is 5.82 Å². The Hall–Kier alpha value is -1.13. The zero-order valence-electron chi connectivity index (χ0n) is 11.3. The largest absolute Gasteiger partial charge is 0.326 e. The summed E-state index contributed by atoms with van der Waals surface area (Å²) < 4.78 is 2.24. The van der Waals surface area contributed by atoms with E-state index in [4.69, 9.17) is 5.73 Å². The summed E-state index contributed by atoms with van der Waals surface area (Å²) in [5.74, 6) is 1.11. The van der Waals surface area contributed by atoms with Crippen LogP contribution >= 0.6 is 11.3 Å². The van der Waals surface area contributed by atoms with Gasteiger partial charge in [-0.3, -0.25) is 0 Å². The molecule has 98 valence electrons. The van der Waals surface area contributed by atoms with Crippen molar-refractivity contribution in [2.24, 2.45) is 5.73 Å². The number of hydrogen-bond acceptors (Lipinski definition) is 3. The van der Waals surface area contributed by atoms with Crippen molar-refractivity contribution in [2.45, 2.75) is 45.7 Å². The lowest BCUT2D eigenvalue weighted by molar-refractivity contribution is 0.451. The summed E-state index contributed by atoms with van der Waals surface area (Å²) in [5, 5.41) is 2.14. The van der Waals surface area contributed by atoms with Crippen LogP contribution in [0.25, 0.3) is 0 Å². The molecular formula is C14H21N3S. The first-order valence-corrected chi connectivity index (χ1v) is 7.38. The molecule has 4 heteroatoms. The van der Waals surface area contributed by atoms with Crippen molar-refractivity contribution in [2.75, 3.05) is 0 Å². The highest BCUT2D eigenvalue weighted by Gasteiger charge is 2.24. The summed E-state index contributed by atoms with van der Waals surface area (Å²) in [6.45, 7) is 6.43. The standard InChI is InChI=1S/C14H21N3S/c1-4-11(15)13(14-10(3)6-9-18-14)17-8-7-16-12(17)5-2/h6-9,11,13H,4-5,15H2,1-3H3. The second kappa shape index (κ2) is 5.67. The highest BCUT2D eigenvalue weighted by Crippen LogP contribution is 2.31. The number of imidazole rings is 1. The molecule has 18 heavy (non-hydrogen) atoms. The van der Waals surface area contributed by atoms with Crippen LogP contribution in [-0.2, 0) is 6.42 Å². The predicted molar refractivity (Wildman–Crippen MR) is 77.1 cm³/mol. The predicted octanol–water partition coefficient (Wildman–Crippen LogP) is 3.14. The third-order valence-electron chi connectivity index (χ3n) is 3.41. The number of thiophene rings is 1. The van der Waals surface area contributed by atoms with Crippen LogP contribution in [-0.4, -0.2) is 15.6 Å². The van der Waals surface area contributed by atoms with Crippen LogP contribution in [0.2, 0.25) is 0 Å². The van der Waals surface area contributed by atoms with E-state index in [0.29, 0.717) is 0 Å². The molecule has 2 atom stereocenters. The molecule has 0 saturated heterocycles. The fraction of sp³-hybridized carbons (Fsp3) is 0.500. The second-order valence-electron chi connectivity index (χ2n) is 4.59. The summed E-state index contributed by atoms with van der Waals surface area (Å²) in [6, 6.07) is 2.51. The Balaban J connectivity index is 2.47. The molecule has 0 radical (unpaired) electrons. The third kappa shape index (κ3) is 2.35. The van der Waals surface area contributed by atoms with Gasteiger partial charge in [0.15, 0.2) is 0 Å². The number of nitrogens with two attached hydrogens (primary N) is 1. The second-order valence-corrected chi connectivity index (χ2v) is 5.54. The third-order valence-corrected chi connectivity index (χ3v) is 4.50. The van der Waals surface area contributed by atoms with Gasteiger partial charge in [0.2, 0.25) is 0 Å². The van der Waals surface area contributed by atoms with Crippen molar-refractivity contribution < 1.29 is 0 Å². The van der Waals surface area contributed by atoms with E-state index in [9.17, 15) is 0 Å². The Morgan fingerprint density at radius 1 is 1.44 bits per heavy atom. The molecule has 0 aliphatic carbocycles. The summed E-state index contributed by atoms with van der Waals surface area (Å²) >= 11 is 1.79. The first-order chi connectivity index (χ1) is 8.69. The molecule has 3 nitrogen and oxygen atoms in total. The summed E-state index contributed by atoms with van der Waals surface area (Å²) in [7, 11) is 0. The lowest BCUT2D eigenvalue weighted by Gasteiger charge is -2.26. The topological polar surface area (TPSA) is 43.8 Å². The molecule has 2 unspecified atom stereocenters. The number of aromatic nitrogens is 2. The molecule has 2 heterocycles. The fourth-order valence-electron chi connectivity index (χ4n) is 2.31. The van der Waals surface area contributed by atoms with Crippen molar-refractivity contribution in [1.29, 1.82) is 0 Å². The Morgan fingerprint density at radius 3 is 2.78 bits per heavy atom. The maximum atomic E-state index is 6.35. The van der Waals surface area contributed by atoms with Crippen LogP contribution in [0.15, 0.2) is 23.8 Å². The maximum Gasteiger partial charge on any atom is 0.108 e. The van der Waals surface area contributed by atoms with Gasteiger partial charge in [0.05, 0.1) is 6.04 Å². The maximum absolute atomic E-state index is 6.35. The van der Waals surface area contributed by atoms with E-state index in [1.165, 1.54) is 10.4 Å². The highest BCUT2D eigenvalue weighted by atomic mass is 32.1. The molecule has 2 aromatic rings. The van der Waals surface area contributed by atoms with Crippen molar-refractivity contribution in [3.05, 3.63) is 40.1 Å². The summed E-state index contributed by atoms with van der Waals surface area (Å²) in [4.78, 5) is 5.78. The van der Waals surface area contributed by atoms with E-state index in [1.54, 1.807) is 11.3 Å². The van der Waals surface area contributed by atoms with Crippen molar-refractivity contribution in [3.8, 4) is 0 Å². The lowest BCUT2D eigenvalue weighted by atomic mass is 10.0. The molecule has 2 N–H and O–H groups in total. The van der Waals surface area contributed by atoms with Gasteiger partial charge in [-0.2, -0.15) is 0 Å². The zero-order chi connectivity index (χ0) is 13.1. The minimum atomic E-state index is 0.127. The number of aryl methyl sites for hydroxylation is 2. The minimum Gasteiger partial charge on any atom is -0.326 e. The van der Waals surface area contributed by atoms with Crippen molar-refractivity contribution in [1.82, 2.24) is 9.55 Å². The van der Waals surface area contributed by atoms with E-state index in [0.717, 1.165) is 18.7 Å². The Morgan fingerprint density at radius 2 is 2.22 bits per heavy atom. The monoisotopic (exact) mass is 263 g/mol. The van der Waals surface area contributed by atoms with Crippen LogP contribution in [0.5, 0.6) is 0 Å². The van der Waals surface area contributed by atoms with Gasteiger partial charge in [-0.15, -0.1) is 11.3 Å². The van der Waals surface area contributed by atoms with Gasteiger partial charge in [0, 0.05) is 29.7 Å². The molecule has 0 saturated carbocycles. The van der Waals surface area contributed by atoms with E-state index >= 15 is 0 Å². The first kappa shape index (κ1) is 13.3. The average Bonchev–Trinajstić information content (AvgIpc) is 2.99. The molecule has 0 aromatic carbocycles. The van der Waals surface area contributed by atoms with Crippen molar-refractivity contribution >= 4 is 11.3 Å². The molecule has 0 aliphatic rings. The number of hydrogen-bond donors (Lipinski definition) is 1. The van der Waals surface area contributed by atoms with Gasteiger partial charge in [-0.05, 0) is 30.4 Å². The van der Waals surface area contributed by atoms with Crippen LogP contribution < -0.4 is 5.73 Å². The van der Waals surface area contributed by atoms with Gasteiger partial charge in [-0.1, -0.05) is 13.8 Å². The Kier molecular flexibility index (Phi) is 4.19. The van der Waals surface area contributed by atoms with Gasteiger partial charge in [-0.25, -0.2) is 4.98 Å². The van der Waals surface area contributed by atoms with Crippen LogP contribution in [0, 0.1) is 6.92 Å². The molecule has 2 aromatic heterocycles. The Labute approximate surface area is 113 Å². The van der Waals surface area contributed by atoms with E-state index in [2.05, 4.69) is 48.0 Å². The van der Waals surface area contributed by atoms with E-state index < -0.39 is 0 Å². The normalized spacial score (nSPS) is 14.7. The van der Waals surface area contributed by atoms with Crippen LogP contribution in [0.1, 0.15) is 42.6 Å². The average molecular weight is 263 g/mol. The molecule has 0 bridgehead atoms. The van der Waals surface area contributed by atoms with Crippen LogP contribution in [0.3, 0.4) is 0 Å². The quantitative estimate of drug-likeness (QED) is 0.900. The molecule has 0 aliphatic heterocycles. The highest BCUT2D eigenvalue weighted by molar-refractivity contribution is 7.10. The summed E-state index contributed by atoms with van der Waals surface area (Å²) in [6.07, 6.45) is 5.82. The van der Waals surface area contributed by atoms with Gasteiger partial charge < -0.3 is 10.3 Å². The lowest BCUT2D eigenvalue weighted by Crippen LogP contribution is -2.33. The first-order valence-electron chi connectivity index (χ1n) is 6.50. The molecule has 0 fully saturated rings. The van der Waals surface area contributed by atoms with E-state index in [1.807, 2.05) is 6.20 Å². The minimum absolute atomic E-state index is 0.127. The van der Waals surface area contributed by atoms with Crippen molar-refractivity contribution in [3.63, 3.8) is 0 Å². The molecule has 2 rings (SSSR count). The Bertz CT molecular complexity index is 501. The summed E-state index contributed by atoms with van der Waals surface area (Å²) in [5.41, 5.74) is 7.67. The SMILES string of the molecule is CCc1nccn1C(c1sccc1C)C(N)CC. The number of nitrogens with zero attached hydrogens (tertiary/aromatic N) is 2. The van der Waals surface area contributed by atoms with Crippen LogP contribution in [0.4, 0.5) is 0 Å². The molecular weight excluding hydrogens is 242 g/mol. The molecule has 0 spiro atoms. The van der Waals surface area contributed by atoms with Gasteiger partial charge >= 0.3 is 0 Å². The van der Waals surface area contributed by atoms with E-state index in [-0.39, 0.29) is 12.1 Å². The zero-order valence-corrected chi connectivity index (χ0v) is 12.1. The molecule has 0 amide bonds. The number of rotatable bonds is 5.